The first-order valence-corrected chi connectivity index (χ1v) is 13.7. The van der Waals surface area contributed by atoms with E-state index in [2.05, 4.69) is 5.32 Å². The van der Waals surface area contributed by atoms with Gasteiger partial charge in [-0.1, -0.05) is 61.3 Å². The molecule has 3 aromatic rings. The zero-order valence-corrected chi connectivity index (χ0v) is 23.1. The van der Waals surface area contributed by atoms with Crippen molar-refractivity contribution in [1.29, 1.82) is 0 Å². The molecule has 0 saturated carbocycles. The van der Waals surface area contributed by atoms with E-state index in [-0.39, 0.29) is 43.4 Å². The Hall–Kier alpha value is -3.85. The fraction of sp³-hybridized carbons (Fsp3) is 0.323. The fourth-order valence-electron chi connectivity index (χ4n) is 5.36. The molecular formula is C31H30ClF3N2O4. The van der Waals surface area contributed by atoms with Crippen LogP contribution in [0.4, 0.5) is 13.2 Å². The molecule has 3 aromatic carbocycles. The largest absolute Gasteiger partial charge is 0.481 e. The second-order valence-electron chi connectivity index (χ2n) is 10.1. The molecule has 0 aromatic heterocycles. The van der Waals surface area contributed by atoms with E-state index in [0.29, 0.717) is 28.1 Å². The van der Waals surface area contributed by atoms with Gasteiger partial charge >= 0.3 is 12.1 Å². The molecule has 0 bridgehead atoms. The number of fused-ring (bicyclic) bond motifs is 1. The summed E-state index contributed by atoms with van der Waals surface area (Å²) in [6.45, 7) is 1.93. The molecule has 10 heteroatoms. The predicted octanol–water partition coefficient (Wildman–Crippen LogP) is 6.77. The number of hydrogen-bond acceptors (Lipinski definition) is 3. The first-order valence-electron chi connectivity index (χ1n) is 13.3. The Kier molecular flexibility index (Phi) is 9.38. The zero-order valence-electron chi connectivity index (χ0n) is 22.4. The number of nitrogens with one attached hydrogen (secondary N) is 1. The van der Waals surface area contributed by atoms with Crippen molar-refractivity contribution in [2.45, 2.75) is 57.3 Å². The molecule has 216 valence electrons. The second kappa shape index (κ2) is 12.8. The Morgan fingerprint density at radius 2 is 1.63 bits per heavy atom. The Labute approximate surface area is 241 Å². The van der Waals surface area contributed by atoms with E-state index in [9.17, 15) is 27.6 Å². The van der Waals surface area contributed by atoms with Crippen LogP contribution in [-0.2, 0) is 28.9 Å². The number of rotatable bonds is 10. The highest BCUT2D eigenvalue weighted by molar-refractivity contribution is 6.30. The van der Waals surface area contributed by atoms with Crippen LogP contribution in [0.1, 0.15) is 76.2 Å². The number of alkyl halides is 3. The van der Waals surface area contributed by atoms with Crippen LogP contribution >= 0.6 is 11.6 Å². The molecule has 1 aliphatic heterocycles. The van der Waals surface area contributed by atoms with Gasteiger partial charge in [-0.25, -0.2) is 0 Å². The van der Waals surface area contributed by atoms with Gasteiger partial charge in [0.1, 0.15) is 0 Å². The maximum Gasteiger partial charge on any atom is 0.416 e. The molecule has 0 radical (unpaired) electrons. The summed E-state index contributed by atoms with van der Waals surface area (Å²) in [5, 5.41) is 11.8. The maximum absolute atomic E-state index is 14.2. The van der Waals surface area contributed by atoms with Crippen molar-refractivity contribution in [2.75, 3.05) is 6.54 Å². The number of halogens is 4. The minimum atomic E-state index is -4.52. The van der Waals surface area contributed by atoms with Crippen molar-refractivity contribution in [3.05, 3.63) is 105 Å². The molecule has 0 spiro atoms. The lowest BCUT2D eigenvalue weighted by Gasteiger charge is -2.31. The summed E-state index contributed by atoms with van der Waals surface area (Å²) in [6.07, 6.45) is -3.37. The van der Waals surface area contributed by atoms with Gasteiger partial charge in [-0.2, -0.15) is 13.2 Å². The predicted molar refractivity (Wildman–Crippen MR) is 149 cm³/mol. The molecule has 2 amide bonds. The van der Waals surface area contributed by atoms with Gasteiger partial charge in [0.15, 0.2) is 0 Å². The maximum atomic E-state index is 14.2. The van der Waals surface area contributed by atoms with Crippen molar-refractivity contribution >= 4 is 29.4 Å². The molecule has 2 atom stereocenters. The third-order valence-corrected chi connectivity index (χ3v) is 7.57. The Balaban J connectivity index is 1.66. The van der Waals surface area contributed by atoms with E-state index < -0.39 is 29.5 Å². The highest BCUT2D eigenvalue weighted by Crippen LogP contribution is 2.42. The summed E-state index contributed by atoms with van der Waals surface area (Å²) in [5.41, 5.74) is 1.71. The number of carbonyl (C=O) groups is 3. The lowest BCUT2D eigenvalue weighted by molar-refractivity contribution is -0.139. The van der Waals surface area contributed by atoms with Gasteiger partial charge in [0.2, 0.25) is 5.91 Å². The van der Waals surface area contributed by atoms with Crippen molar-refractivity contribution in [3.63, 3.8) is 0 Å². The van der Waals surface area contributed by atoms with Crippen molar-refractivity contribution in [3.8, 4) is 0 Å². The molecule has 4 rings (SSSR count). The Morgan fingerprint density at radius 3 is 2.24 bits per heavy atom. The number of carboxylic acid groups (broad SMARTS) is 1. The van der Waals surface area contributed by atoms with Gasteiger partial charge in [-0.15, -0.1) is 0 Å². The first-order chi connectivity index (χ1) is 19.5. The van der Waals surface area contributed by atoms with Crippen LogP contribution in [0.3, 0.4) is 0 Å². The van der Waals surface area contributed by atoms with Gasteiger partial charge in [0.25, 0.3) is 5.91 Å². The van der Waals surface area contributed by atoms with Crippen molar-refractivity contribution in [2.24, 2.45) is 0 Å². The molecule has 6 nitrogen and oxygen atoms in total. The SMILES string of the molecule is CCCC(c1ccc(C(=O)NCCC(=O)O)cc1)C(C(=O)N1Cc2cccc(C(F)(F)F)c2C1)c1ccc(Cl)cc1. The fourth-order valence-corrected chi connectivity index (χ4v) is 5.49. The topological polar surface area (TPSA) is 86.7 Å². The highest BCUT2D eigenvalue weighted by Gasteiger charge is 2.40. The van der Waals surface area contributed by atoms with Gasteiger partial charge in [-0.3, -0.25) is 14.4 Å². The summed E-state index contributed by atoms with van der Waals surface area (Å²) in [5.74, 6) is -2.75. The monoisotopic (exact) mass is 586 g/mol. The molecule has 41 heavy (non-hydrogen) atoms. The van der Waals surface area contributed by atoms with Crippen LogP contribution in [0, 0.1) is 0 Å². The van der Waals surface area contributed by atoms with E-state index >= 15 is 0 Å². The summed E-state index contributed by atoms with van der Waals surface area (Å²) in [4.78, 5) is 38.9. The smallest absolute Gasteiger partial charge is 0.416 e. The van der Waals surface area contributed by atoms with Crippen LogP contribution in [0.5, 0.6) is 0 Å². The Bertz CT molecular complexity index is 1410. The molecule has 0 saturated heterocycles. The minimum absolute atomic E-state index is 0.00417. The molecule has 1 heterocycles. The number of nitrogens with zero attached hydrogens (tertiary/aromatic N) is 1. The number of aliphatic carboxylic acids is 1. The molecule has 0 aliphatic carbocycles. The molecule has 0 fully saturated rings. The zero-order chi connectivity index (χ0) is 29.7. The molecule has 1 aliphatic rings. The van der Waals surface area contributed by atoms with Crippen molar-refractivity contribution in [1.82, 2.24) is 10.2 Å². The van der Waals surface area contributed by atoms with Crippen LogP contribution < -0.4 is 5.32 Å². The van der Waals surface area contributed by atoms with Crippen LogP contribution in [0.25, 0.3) is 0 Å². The number of benzene rings is 3. The quantitative estimate of drug-likeness (QED) is 0.274. The van der Waals surface area contributed by atoms with Crippen LogP contribution in [0.15, 0.2) is 66.7 Å². The lowest BCUT2D eigenvalue weighted by Crippen LogP contribution is -2.34. The third kappa shape index (κ3) is 7.08. The summed E-state index contributed by atoms with van der Waals surface area (Å²) >= 11 is 6.13. The third-order valence-electron chi connectivity index (χ3n) is 7.32. The normalized spacial score (nSPS) is 14.3. The number of carboxylic acids is 1. The minimum Gasteiger partial charge on any atom is -0.481 e. The second-order valence-corrected chi connectivity index (χ2v) is 10.5. The highest BCUT2D eigenvalue weighted by atomic mass is 35.5. The first kappa shape index (κ1) is 30.1. The van der Waals surface area contributed by atoms with Gasteiger partial charge < -0.3 is 15.3 Å². The average molecular weight is 587 g/mol. The van der Waals surface area contributed by atoms with Gasteiger partial charge in [-0.05, 0) is 64.9 Å². The molecule has 2 N–H and O–H groups in total. The Morgan fingerprint density at radius 1 is 0.976 bits per heavy atom. The average Bonchev–Trinajstić information content (AvgIpc) is 3.37. The van der Waals surface area contributed by atoms with Crippen molar-refractivity contribution < 1.29 is 32.7 Å². The van der Waals surface area contributed by atoms with E-state index in [1.165, 1.54) is 11.0 Å². The standard InChI is InChI=1S/C31H30ClF3N2O4/c1-2-4-24(19-7-9-21(10-8-19)29(40)36-16-15-27(38)39)28(20-11-13-23(32)14-12-20)30(41)37-17-22-5-3-6-26(25(22)18-37)31(33,34)35/h3,5-14,24,28H,2,4,15-18H2,1H3,(H,36,40)(H,38,39). The molecule has 2 unspecified atom stereocenters. The summed E-state index contributed by atoms with van der Waals surface area (Å²) < 4.78 is 41.1. The molecular weight excluding hydrogens is 557 g/mol. The van der Waals surface area contributed by atoms with Gasteiger partial charge in [0.05, 0.1) is 17.9 Å². The van der Waals surface area contributed by atoms with Crippen LogP contribution in [-0.4, -0.2) is 34.3 Å². The number of amides is 2. The number of carbonyl (C=O) groups excluding carboxylic acids is 2. The number of hydrogen-bond donors (Lipinski definition) is 2. The van der Waals surface area contributed by atoms with E-state index in [1.807, 2.05) is 6.92 Å². The van der Waals surface area contributed by atoms with Gasteiger partial charge in [0, 0.05) is 30.2 Å². The van der Waals surface area contributed by atoms with E-state index in [1.54, 1.807) is 54.6 Å². The summed E-state index contributed by atoms with van der Waals surface area (Å²) in [6, 6.07) is 17.7. The van der Waals surface area contributed by atoms with E-state index in [0.717, 1.165) is 18.1 Å². The summed E-state index contributed by atoms with van der Waals surface area (Å²) in [7, 11) is 0. The lowest BCUT2D eigenvalue weighted by atomic mass is 9.77. The van der Waals surface area contributed by atoms with Crippen LogP contribution in [0.2, 0.25) is 5.02 Å². The van der Waals surface area contributed by atoms with E-state index in [4.69, 9.17) is 16.7 Å².